The van der Waals surface area contributed by atoms with Crippen LogP contribution in [0.15, 0.2) is 12.1 Å². The van der Waals surface area contributed by atoms with Crippen LogP contribution in [0.25, 0.3) is 0 Å². The summed E-state index contributed by atoms with van der Waals surface area (Å²) in [7, 11) is 0. The molecule has 1 heterocycles. The Morgan fingerprint density at radius 1 is 1.31 bits per heavy atom. The van der Waals surface area contributed by atoms with Crippen molar-refractivity contribution in [2.24, 2.45) is 0 Å². The first-order valence-corrected chi connectivity index (χ1v) is 4.54. The van der Waals surface area contributed by atoms with E-state index in [9.17, 15) is 9.59 Å². The highest BCUT2D eigenvalue weighted by Crippen LogP contribution is 2.14. The standard InChI is InChI=1S/C8H10N2O2S/c1-5-3-4-7(13-5)8(12)10-9-6(2)11/h3-4H,1-2H3,(H,9,11)(H,10,12). The molecule has 1 aromatic rings. The van der Waals surface area contributed by atoms with E-state index < -0.39 is 0 Å². The van der Waals surface area contributed by atoms with E-state index in [1.807, 2.05) is 13.0 Å². The number of hydrazine groups is 1. The van der Waals surface area contributed by atoms with Gasteiger partial charge in [0, 0.05) is 11.8 Å². The minimum Gasteiger partial charge on any atom is -0.274 e. The molecule has 0 bridgehead atoms. The maximum Gasteiger partial charge on any atom is 0.279 e. The highest BCUT2D eigenvalue weighted by atomic mass is 32.1. The zero-order valence-electron chi connectivity index (χ0n) is 7.38. The molecule has 4 nitrogen and oxygen atoms in total. The lowest BCUT2D eigenvalue weighted by molar-refractivity contribution is -0.119. The van der Waals surface area contributed by atoms with Crippen LogP contribution in [-0.2, 0) is 4.79 Å². The monoisotopic (exact) mass is 198 g/mol. The second kappa shape index (κ2) is 4.04. The summed E-state index contributed by atoms with van der Waals surface area (Å²) in [5, 5.41) is 0. The fraction of sp³-hybridized carbons (Fsp3) is 0.250. The molecule has 0 saturated carbocycles. The minimum absolute atomic E-state index is 0.284. The van der Waals surface area contributed by atoms with Gasteiger partial charge in [-0.15, -0.1) is 11.3 Å². The first kappa shape index (κ1) is 9.73. The molecule has 13 heavy (non-hydrogen) atoms. The molecule has 1 aromatic heterocycles. The van der Waals surface area contributed by atoms with Crippen molar-refractivity contribution in [3.8, 4) is 0 Å². The molecule has 5 heteroatoms. The lowest BCUT2D eigenvalue weighted by atomic mass is 10.4. The number of hydrogen-bond donors (Lipinski definition) is 2. The van der Waals surface area contributed by atoms with E-state index in [-0.39, 0.29) is 11.8 Å². The first-order chi connectivity index (χ1) is 6.09. The van der Waals surface area contributed by atoms with Gasteiger partial charge in [-0.2, -0.15) is 0 Å². The molecule has 0 aliphatic rings. The van der Waals surface area contributed by atoms with E-state index in [4.69, 9.17) is 0 Å². The molecule has 2 N–H and O–H groups in total. The molecule has 0 saturated heterocycles. The van der Waals surface area contributed by atoms with Gasteiger partial charge < -0.3 is 0 Å². The maximum absolute atomic E-state index is 11.2. The summed E-state index contributed by atoms with van der Waals surface area (Å²) in [4.78, 5) is 23.4. The van der Waals surface area contributed by atoms with Crippen molar-refractivity contribution in [2.75, 3.05) is 0 Å². The van der Waals surface area contributed by atoms with Crippen molar-refractivity contribution < 1.29 is 9.59 Å². The second-order valence-corrected chi connectivity index (χ2v) is 3.83. The van der Waals surface area contributed by atoms with Crippen molar-refractivity contribution >= 4 is 23.2 Å². The fourth-order valence-electron chi connectivity index (χ4n) is 0.763. The van der Waals surface area contributed by atoms with Crippen LogP contribution in [0.4, 0.5) is 0 Å². The van der Waals surface area contributed by atoms with E-state index in [0.29, 0.717) is 4.88 Å². The Bertz CT molecular complexity index is 333. The quantitative estimate of drug-likeness (QED) is 0.657. The minimum atomic E-state index is -0.290. The van der Waals surface area contributed by atoms with Gasteiger partial charge in [0.15, 0.2) is 0 Å². The second-order valence-electron chi connectivity index (χ2n) is 2.55. The van der Waals surface area contributed by atoms with E-state index in [0.717, 1.165) is 4.88 Å². The van der Waals surface area contributed by atoms with Crippen molar-refractivity contribution in [1.82, 2.24) is 10.9 Å². The molecule has 70 valence electrons. The fourth-order valence-corrected chi connectivity index (χ4v) is 1.53. The van der Waals surface area contributed by atoms with Crippen LogP contribution in [0.2, 0.25) is 0 Å². The van der Waals surface area contributed by atoms with Gasteiger partial charge in [0.05, 0.1) is 4.88 Å². The van der Waals surface area contributed by atoms with E-state index in [1.165, 1.54) is 18.3 Å². The van der Waals surface area contributed by atoms with Gasteiger partial charge in [0.25, 0.3) is 5.91 Å². The highest BCUT2D eigenvalue weighted by molar-refractivity contribution is 7.13. The average Bonchev–Trinajstić information content (AvgIpc) is 2.47. The molecule has 0 spiro atoms. The van der Waals surface area contributed by atoms with Gasteiger partial charge in [-0.05, 0) is 19.1 Å². The number of amides is 2. The molecular formula is C8H10N2O2S. The number of aryl methyl sites for hydroxylation is 1. The molecule has 1 rings (SSSR count). The summed E-state index contributed by atoms with van der Waals surface area (Å²) < 4.78 is 0. The Balaban J connectivity index is 2.54. The van der Waals surface area contributed by atoms with Crippen LogP contribution in [0.5, 0.6) is 0 Å². The van der Waals surface area contributed by atoms with Crippen LogP contribution >= 0.6 is 11.3 Å². The molecule has 2 amide bonds. The van der Waals surface area contributed by atoms with Crippen molar-refractivity contribution in [2.45, 2.75) is 13.8 Å². The molecule has 0 atom stereocenters. The predicted octanol–water partition coefficient (Wildman–Crippen LogP) is 0.837. The zero-order chi connectivity index (χ0) is 9.84. The Morgan fingerprint density at radius 2 is 2.00 bits per heavy atom. The molecular weight excluding hydrogens is 188 g/mol. The SMILES string of the molecule is CC(=O)NNC(=O)c1ccc(C)s1. The third-order valence-electron chi connectivity index (χ3n) is 1.32. The van der Waals surface area contributed by atoms with Gasteiger partial charge in [-0.3, -0.25) is 20.4 Å². The Labute approximate surface area is 79.9 Å². The molecule has 0 unspecified atom stereocenters. The van der Waals surface area contributed by atoms with E-state index in [1.54, 1.807) is 6.07 Å². The summed E-state index contributed by atoms with van der Waals surface area (Å²) in [6.07, 6.45) is 0. The lowest BCUT2D eigenvalue weighted by Crippen LogP contribution is -2.39. The Kier molecular flexibility index (Phi) is 3.02. The number of hydrogen-bond acceptors (Lipinski definition) is 3. The van der Waals surface area contributed by atoms with Crippen LogP contribution in [0, 0.1) is 6.92 Å². The van der Waals surface area contributed by atoms with E-state index >= 15 is 0 Å². The van der Waals surface area contributed by atoms with Crippen molar-refractivity contribution in [3.05, 3.63) is 21.9 Å². The van der Waals surface area contributed by atoms with Crippen LogP contribution in [-0.4, -0.2) is 11.8 Å². The lowest BCUT2D eigenvalue weighted by Gasteiger charge is -2.01. The third kappa shape index (κ3) is 2.87. The zero-order valence-corrected chi connectivity index (χ0v) is 8.20. The van der Waals surface area contributed by atoms with Crippen molar-refractivity contribution in [1.29, 1.82) is 0 Å². The van der Waals surface area contributed by atoms with Gasteiger partial charge >= 0.3 is 0 Å². The number of carbonyl (C=O) groups is 2. The van der Waals surface area contributed by atoms with E-state index in [2.05, 4.69) is 10.9 Å². The molecule has 0 fully saturated rings. The van der Waals surface area contributed by atoms with Crippen LogP contribution < -0.4 is 10.9 Å². The molecule has 0 aliphatic carbocycles. The molecule has 0 aliphatic heterocycles. The summed E-state index contributed by atoms with van der Waals surface area (Å²) in [6, 6.07) is 3.57. The maximum atomic E-state index is 11.2. The Hall–Kier alpha value is -1.36. The number of nitrogens with one attached hydrogen (secondary N) is 2. The summed E-state index contributed by atoms with van der Waals surface area (Å²) in [6.45, 7) is 3.25. The third-order valence-corrected chi connectivity index (χ3v) is 2.32. The van der Waals surface area contributed by atoms with Gasteiger partial charge in [-0.1, -0.05) is 0 Å². The first-order valence-electron chi connectivity index (χ1n) is 3.73. The van der Waals surface area contributed by atoms with Crippen LogP contribution in [0.3, 0.4) is 0 Å². The number of rotatable bonds is 1. The molecule has 0 aromatic carbocycles. The van der Waals surface area contributed by atoms with Crippen molar-refractivity contribution in [3.63, 3.8) is 0 Å². The normalized spacial score (nSPS) is 9.38. The summed E-state index contributed by atoms with van der Waals surface area (Å²) in [5.74, 6) is -0.574. The highest BCUT2D eigenvalue weighted by Gasteiger charge is 2.06. The summed E-state index contributed by atoms with van der Waals surface area (Å²) in [5.41, 5.74) is 4.50. The smallest absolute Gasteiger partial charge is 0.274 e. The summed E-state index contributed by atoms with van der Waals surface area (Å²) >= 11 is 1.38. The van der Waals surface area contributed by atoms with Gasteiger partial charge in [0.1, 0.15) is 0 Å². The predicted molar refractivity (Wildman–Crippen MR) is 50.3 cm³/mol. The van der Waals surface area contributed by atoms with Crippen LogP contribution in [0.1, 0.15) is 21.5 Å². The van der Waals surface area contributed by atoms with Gasteiger partial charge in [0.2, 0.25) is 5.91 Å². The Morgan fingerprint density at radius 3 is 2.46 bits per heavy atom. The number of carbonyl (C=O) groups excluding carboxylic acids is 2. The topological polar surface area (TPSA) is 58.2 Å². The number of thiophene rings is 1. The average molecular weight is 198 g/mol. The largest absolute Gasteiger partial charge is 0.279 e. The molecule has 0 radical (unpaired) electrons. The van der Waals surface area contributed by atoms with Gasteiger partial charge in [-0.25, -0.2) is 0 Å².